The number of anilines is 1. The van der Waals surface area contributed by atoms with Gasteiger partial charge in [0.05, 0.1) is 5.69 Å². The number of hydrogen-bond acceptors (Lipinski definition) is 5. The van der Waals surface area contributed by atoms with Gasteiger partial charge in [0.25, 0.3) is 5.56 Å². The Morgan fingerprint density at radius 3 is 2.52 bits per heavy atom. The molecule has 0 aromatic carbocycles. The number of rotatable bonds is 5. The molecule has 21 heavy (non-hydrogen) atoms. The van der Waals surface area contributed by atoms with Crippen LogP contribution in [0.25, 0.3) is 0 Å². The van der Waals surface area contributed by atoms with Gasteiger partial charge in [-0.25, -0.2) is 4.79 Å². The molecule has 0 bridgehead atoms. The minimum absolute atomic E-state index is 0.388. The van der Waals surface area contributed by atoms with E-state index in [1.165, 1.54) is 0 Å². The van der Waals surface area contributed by atoms with Crippen LogP contribution in [0.5, 0.6) is 0 Å². The molecule has 0 unspecified atom stereocenters. The highest BCUT2D eigenvalue weighted by Crippen LogP contribution is 2.15. The van der Waals surface area contributed by atoms with Gasteiger partial charge in [-0.1, -0.05) is 6.92 Å². The summed E-state index contributed by atoms with van der Waals surface area (Å²) in [6.45, 7) is 8.40. The van der Waals surface area contributed by atoms with Crippen molar-refractivity contribution in [1.82, 2.24) is 9.78 Å². The zero-order valence-electron chi connectivity index (χ0n) is 13.5. The van der Waals surface area contributed by atoms with E-state index >= 15 is 0 Å². The minimum Gasteiger partial charge on any atom is -0.442 e. The standard InChI is InChI=1S/C14H26N4O3/c1-6-10-11(17(5)9-7-8-15)12(19)18(16-10)13(20)21-14(2,3)4/h16H,6-9,15H2,1-5H3. The SMILES string of the molecule is CCc1[nH]n(C(=O)OC(C)(C)C)c(=O)c1N(C)CCCN. The second-order valence-electron chi connectivity index (χ2n) is 5.98. The van der Waals surface area contributed by atoms with E-state index in [0.29, 0.717) is 30.9 Å². The Hall–Kier alpha value is -1.76. The Kier molecular flexibility index (Phi) is 5.60. The first-order valence-corrected chi connectivity index (χ1v) is 7.19. The van der Waals surface area contributed by atoms with Crippen LogP contribution >= 0.6 is 0 Å². The summed E-state index contributed by atoms with van der Waals surface area (Å²) in [4.78, 5) is 26.3. The Labute approximate surface area is 125 Å². The number of hydrogen-bond donors (Lipinski definition) is 2. The topological polar surface area (TPSA) is 93.3 Å². The Morgan fingerprint density at radius 1 is 1.43 bits per heavy atom. The highest BCUT2D eigenvalue weighted by Gasteiger charge is 2.24. The van der Waals surface area contributed by atoms with Crippen LogP contribution in [-0.4, -0.2) is 41.6 Å². The van der Waals surface area contributed by atoms with Gasteiger partial charge in [0.15, 0.2) is 0 Å². The zero-order chi connectivity index (χ0) is 16.2. The number of carbonyl (C=O) groups is 1. The second kappa shape index (κ2) is 6.80. The molecule has 3 N–H and O–H groups in total. The molecule has 1 rings (SSSR count). The highest BCUT2D eigenvalue weighted by molar-refractivity contribution is 5.71. The van der Waals surface area contributed by atoms with Crippen molar-refractivity contribution in [3.8, 4) is 0 Å². The number of aromatic nitrogens is 2. The summed E-state index contributed by atoms with van der Waals surface area (Å²) in [5.74, 6) is 0. The van der Waals surface area contributed by atoms with Gasteiger partial charge in [0.1, 0.15) is 11.3 Å². The molecular formula is C14H26N4O3. The quantitative estimate of drug-likeness (QED) is 0.855. The molecule has 0 atom stereocenters. The number of aromatic amines is 1. The van der Waals surface area contributed by atoms with E-state index in [9.17, 15) is 9.59 Å². The third kappa shape index (κ3) is 4.35. The van der Waals surface area contributed by atoms with Gasteiger partial charge in [-0.15, -0.1) is 4.68 Å². The lowest BCUT2D eigenvalue weighted by atomic mass is 10.2. The van der Waals surface area contributed by atoms with Crippen LogP contribution in [0.2, 0.25) is 0 Å². The Bertz CT molecular complexity index is 539. The molecular weight excluding hydrogens is 272 g/mol. The smallest absolute Gasteiger partial charge is 0.436 e. The molecule has 0 aliphatic carbocycles. The summed E-state index contributed by atoms with van der Waals surface area (Å²) in [5, 5.41) is 2.84. The molecule has 0 amide bonds. The van der Waals surface area contributed by atoms with Crippen molar-refractivity contribution in [2.24, 2.45) is 5.73 Å². The van der Waals surface area contributed by atoms with Crippen LogP contribution in [0.3, 0.4) is 0 Å². The molecule has 0 spiro atoms. The number of nitrogens with two attached hydrogens (primary N) is 1. The molecule has 7 nitrogen and oxygen atoms in total. The minimum atomic E-state index is -0.694. The van der Waals surface area contributed by atoms with Crippen LogP contribution in [0.15, 0.2) is 4.79 Å². The monoisotopic (exact) mass is 298 g/mol. The van der Waals surface area contributed by atoms with Crippen LogP contribution in [0.4, 0.5) is 10.5 Å². The summed E-state index contributed by atoms with van der Waals surface area (Å²) in [6.07, 6.45) is 0.699. The van der Waals surface area contributed by atoms with Gasteiger partial charge in [-0.2, -0.15) is 0 Å². The van der Waals surface area contributed by atoms with E-state index in [-0.39, 0.29) is 5.56 Å². The molecule has 0 radical (unpaired) electrons. The molecule has 0 fully saturated rings. The maximum Gasteiger partial charge on any atom is 0.436 e. The van der Waals surface area contributed by atoms with Crippen molar-refractivity contribution >= 4 is 11.8 Å². The summed E-state index contributed by atoms with van der Waals surface area (Å²) >= 11 is 0. The lowest BCUT2D eigenvalue weighted by Gasteiger charge is -2.19. The normalized spacial score (nSPS) is 11.5. The van der Waals surface area contributed by atoms with Crippen molar-refractivity contribution in [3.05, 3.63) is 16.0 Å². The average molecular weight is 298 g/mol. The van der Waals surface area contributed by atoms with Gasteiger partial charge >= 0.3 is 6.09 Å². The summed E-state index contributed by atoms with van der Waals surface area (Å²) in [5.41, 5.74) is 5.66. The van der Waals surface area contributed by atoms with E-state index in [4.69, 9.17) is 10.5 Å². The van der Waals surface area contributed by atoms with E-state index in [1.54, 1.807) is 20.8 Å². The van der Waals surface area contributed by atoms with E-state index in [1.807, 2.05) is 18.9 Å². The number of nitrogens with one attached hydrogen (secondary N) is 1. The van der Waals surface area contributed by atoms with Crippen molar-refractivity contribution in [2.45, 2.75) is 46.1 Å². The predicted molar refractivity (Wildman–Crippen MR) is 83.0 cm³/mol. The third-order valence-corrected chi connectivity index (χ3v) is 2.95. The first-order valence-electron chi connectivity index (χ1n) is 7.19. The predicted octanol–water partition coefficient (Wildman–Crippen LogP) is 1.31. The number of H-pyrrole nitrogens is 1. The molecule has 1 aromatic heterocycles. The van der Waals surface area contributed by atoms with Gasteiger partial charge in [0, 0.05) is 13.6 Å². The molecule has 0 aliphatic rings. The van der Waals surface area contributed by atoms with Crippen molar-refractivity contribution in [2.75, 3.05) is 25.0 Å². The number of aryl methyl sites for hydroxylation is 1. The van der Waals surface area contributed by atoms with Gasteiger partial charge in [-0.05, 0) is 40.2 Å². The lowest BCUT2D eigenvalue weighted by molar-refractivity contribution is 0.0508. The maximum atomic E-state index is 12.4. The second-order valence-corrected chi connectivity index (χ2v) is 5.98. The third-order valence-electron chi connectivity index (χ3n) is 2.95. The van der Waals surface area contributed by atoms with Crippen LogP contribution in [0, 0.1) is 0 Å². The van der Waals surface area contributed by atoms with Crippen LogP contribution in [-0.2, 0) is 11.2 Å². The maximum absolute atomic E-state index is 12.4. The first kappa shape index (κ1) is 17.3. The van der Waals surface area contributed by atoms with Crippen molar-refractivity contribution < 1.29 is 9.53 Å². The van der Waals surface area contributed by atoms with E-state index < -0.39 is 11.7 Å². The molecule has 0 saturated heterocycles. The van der Waals surface area contributed by atoms with E-state index in [0.717, 1.165) is 11.1 Å². The first-order chi connectivity index (χ1) is 9.71. The molecule has 0 aliphatic heterocycles. The van der Waals surface area contributed by atoms with Gasteiger partial charge < -0.3 is 15.4 Å². The summed E-state index contributed by atoms with van der Waals surface area (Å²) in [7, 11) is 1.82. The molecule has 0 saturated carbocycles. The van der Waals surface area contributed by atoms with Gasteiger partial charge in [0.2, 0.25) is 0 Å². The summed E-state index contributed by atoms with van der Waals surface area (Å²) in [6, 6.07) is 0. The number of ether oxygens (including phenoxy) is 1. The summed E-state index contributed by atoms with van der Waals surface area (Å²) < 4.78 is 6.16. The lowest BCUT2D eigenvalue weighted by Crippen LogP contribution is -2.34. The Morgan fingerprint density at radius 2 is 2.05 bits per heavy atom. The fourth-order valence-electron chi connectivity index (χ4n) is 1.99. The highest BCUT2D eigenvalue weighted by atomic mass is 16.6. The fourth-order valence-corrected chi connectivity index (χ4v) is 1.99. The van der Waals surface area contributed by atoms with Crippen LogP contribution < -0.4 is 16.2 Å². The number of nitrogens with zero attached hydrogens (tertiary/aromatic N) is 2. The largest absolute Gasteiger partial charge is 0.442 e. The molecule has 1 heterocycles. The molecule has 7 heteroatoms. The van der Waals surface area contributed by atoms with Crippen LogP contribution in [0.1, 0.15) is 39.8 Å². The molecule has 1 aromatic rings. The molecule has 120 valence electrons. The average Bonchev–Trinajstić information content (AvgIpc) is 2.71. The number of carbonyl (C=O) groups excluding carboxylic acids is 1. The Balaban J connectivity index is 3.12. The van der Waals surface area contributed by atoms with Crippen molar-refractivity contribution in [3.63, 3.8) is 0 Å². The van der Waals surface area contributed by atoms with Crippen molar-refractivity contribution in [1.29, 1.82) is 0 Å². The fraction of sp³-hybridized carbons (Fsp3) is 0.714. The zero-order valence-corrected chi connectivity index (χ0v) is 13.5. The van der Waals surface area contributed by atoms with Gasteiger partial charge in [-0.3, -0.25) is 9.89 Å². The van der Waals surface area contributed by atoms with E-state index in [2.05, 4.69) is 5.10 Å².